The summed E-state index contributed by atoms with van der Waals surface area (Å²) in [6.07, 6.45) is 0.894. The monoisotopic (exact) mass is 252 g/mol. The molecule has 98 valence electrons. The number of unbranched alkanes of at least 4 members (excludes halogenated alkanes) is 1. The first-order chi connectivity index (χ1) is 8.63. The maximum Gasteiger partial charge on any atom is 0.513 e. The van der Waals surface area contributed by atoms with E-state index in [1.54, 1.807) is 18.2 Å². The SMILES string of the molecule is CCCCOC(=O)Oc1ccccc1NC(N)=O. The third-order valence-electron chi connectivity index (χ3n) is 2.06. The van der Waals surface area contributed by atoms with Gasteiger partial charge in [-0.1, -0.05) is 25.5 Å². The van der Waals surface area contributed by atoms with Crippen LogP contribution in [-0.4, -0.2) is 18.8 Å². The Bertz CT molecular complexity index is 420. The highest BCUT2D eigenvalue weighted by Gasteiger charge is 2.10. The number of urea groups is 1. The van der Waals surface area contributed by atoms with Crippen molar-refractivity contribution in [2.45, 2.75) is 19.8 Å². The van der Waals surface area contributed by atoms with Crippen LogP contribution in [0.1, 0.15) is 19.8 Å². The van der Waals surface area contributed by atoms with Crippen molar-refractivity contribution in [1.82, 2.24) is 0 Å². The first-order valence-corrected chi connectivity index (χ1v) is 5.63. The van der Waals surface area contributed by atoms with Crippen molar-refractivity contribution < 1.29 is 19.1 Å². The molecule has 0 heterocycles. The minimum atomic E-state index is -0.804. The molecule has 0 aromatic heterocycles. The number of primary amides is 1. The number of nitrogens with one attached hydrogen (secondary N) is 1. The molecule has 0 aliphatic rings. The highest BCUT2D eigenvalue weighted by Crippen LogP contribution is 2.23. The van der Waals surface area contributed by atoms with Crippen LogP contribution in [0.4, 0.5) is 15.3 Å². The summed E-state index contributed by atoms with van der Waals surface area (Å²) >= 11 is 0. The molecule has 3 N–H and O–H groups in total. The number of ether oxygens (including phenoxy) is 2. The largest absolute Gasteiger partial charge is 0.513 e. The van der Waals surface area contributed by atoms with E-state index in [0.717, 1.165) is 12.8 Å². The Morgan fingerprint density at radius 1 is 1.33 bits per heavy atom. The Labute approximate surface area is 105 Å². The summed E-state index contributed by atoms with van der Waals surface area (Å²) in [6, 6.07) is 5.72. The number of carbonyl (C=O) groups excluding carboxylic acids is 2. The Kier molecular flexibility index (Phi) is 5.50. The number of rotatable bonds is 5. The van der Waals surface area contributed by atoms with Gasteiger partial charge in [0.2, 0.25) is 0 Å². The summed E-state index contributed by atoms with van der Waals surface area (Å²) in [5, 5.41) is 2.35. The average molecular weight is 252 g/mol. The smallest absolute Gasteiger partial charge is 0.434 e. The van der Waals surface area contributed by atoms with Gasteiger partial charge in [0.1, 0.15) is 0 Å². The Morgan fingerprint density at radius 2 is 2.06 bits per heavy atom. The second kappa shape index (κ2) is 7.16. The van der Waals surface area contributed by atoms with Crippen LogP contribution in [-0.2, 0) is 4.74 Å². The van der Waals surface area contributed by atoms with Gasteiger partial charge in [-0.2, -0.15) is 0 Å². The number of carbonyl (C=O) groups is 2. The fourth-order valence-electron chi connectivity index (χ4n) is 1.21. The number of hydrogen-bond acceptors (Lipinski definition) is 4. The lowest BCUT2D eigenvalue weighted by molar-refractivity contribution is 0.0980. The molecule has 0 radical (unpaired) electrons. The molecule has 0 aliphatic carbocycles. The molecule has 6 heteroatoms. The molecule has 0 saturated heterocycles. The summed E-state index contributed by atoms with van der Waals surface area (Å²) < 4.78 is 9.80. The maximum absolute atomic E-state index is 11.3. The van der Waals surface area contributed by atoms with Gasteiger partial charge in [-0.3, -0.25) is 0 Å². The van der Waals surface area contributed by atoms with E-state index < -0.39 is 12.2 Å². The lowest BCUT2D eigenvalue weighted by Gasteiger charge is -2.09. The normalized spacial score (nSPS) is 9.61. The van der Waals surface area contributed by atoms with E-state index in [0.29, 0.717) is 12.3 Å². The van der Waals surface area contributed by atoms with E-state index in [1.165, 1.54) is 6.07 Å². The van der Waals surface area contributed by atoms with Crippen molar-refractivity contribution in [3.8, 4) is 5.75 Å². The fraction of sp³-hybridized carbons (Fsp3) is 0.333. The third kappa shape index (κ3) is 4.73. The van der Waals surface area contributed by atoms with Crippen LogP contribution in [0.2, 0.25) is 0 Å². The van der Waals surface area contributed by atoms with Crippen molar-refractivity contribution in [3.63, 3.8) is 0 Å². The molecule has 0 bridgehead atoms. The lowest BCUT2D eigenvalue weighted by atomic mass is 10.3. The molecule has 18 heavy (non-hydrogen) atoms. The second-order valence-electron chi connectivity index (χ2n) is 3.54. The zero-order chi connectivity index (χ0) is 13.4. The molecule has 0 saturated carbocycles. The summed E-state index contributed by atoms with van der Waals surface area (Å²) in [4.78, 5) is 22.1. The fourth-order valence-corrected chi connectivity index (χ4v) is 1.21. The van der Waals surface area contributed by atoms with Crippen LogP contribution in [0.3, 0.4) is 0 Å². The van der Waals surface area contributed by atoms with E-state index in [9.17, 15) is 9.59 Å². The van der Waals surface area contributed by atoms with Gasteiger partial charge in [-0.05, 0) is 18.6 Å². The highest BCUT2D eigenvalue weighted by molar-refractivity contribution is 5.90. The average Bonchev–Trinajstić information content (AvgIpc) is 2.31. The van der Waals surface area contributed by atoms with Crippen LogP contribution in [0.25, 0.3) is 0 Å². The Balaban J connectivity index is 2.60. The molecular formula is C12H16N2O4. The van der Waals surface area contributed by atoms with Crippen LogP contribution >= 0.6 is 0 Å². The van der Waals surface area contributed by atoms with Gasteiger partial charge >= 0.3 is 12.2 Å². The van der Waals surface area contributed by atoms with Gasteiger partial charge in [0, 0.05) is 0 Å². The molecule has 1 rings (SSSR count). The predicted molar refractivity (Wildman–Crippen MR) is 66.5 cm³/mol. The van der Waals surface area contributed by atoms with Gasteiger partial charge in [0.05, 0.1) is 12.3 Å². The van der Waals surface area contributed by atoms with Crippen LogP contribution < -0.4 is 15.8 Å². The lowest BCUT2D eigenvalue weighted by Crippen LogP contribution is -2.20. The van der Waals surface area contributed by atoms with Gasteiger partial charge in [0.15, 0.2) is 5.75 Å². The van der Waals surface area contributed by atoms with Crippen molar-refractivity contribution in [2.75, 3.05) is 11.9 Å². The van der Waals surface area contributed by atoms with E-state index in [1.807, 2.05) is 6.92 Å². The van der Waals surface area contributed by atoms with Crippen molar-refractivity contribution >= 4 is 17.9 Å². The van der Waals surface area contributed by atoms with E-state index in [-0.39, 0.29) is 5.75 Å². The predicted octanol–water partition coefficient (Wildman–Crippen LogP) is 2.49. The van der Waals surface area contributed by atoms with Crippen molar-refractivity contribution in [1.29, 1.82) is 0 Å². The second-order valence-corrected chi connectivity index (χ2v) is 3.54. The molecule has 0 spiro atoms. The molecule has 0 unspecified atom stereocenters. The molecular weight excluding hydrogens is 236 g/mol. The minimum absolute atomic E-state index is 0.192. The summed E-state index contributed by atoms with van der Waals surface area (Å²) in [5.74, 6) is 0.192. The van der Waals surface area contributed by atoms with Crippen LogP contribution in [0, 0.1) is 0 Å². The number of anilines is 1. The number of hydrogen-bond donors (Lipinski definition) is 2. The summed E-state index contributed by atoms with van der Waals surface area (Å²) in [7, 11) is 0. The van der Waals surface area contributed by atoms with Crippen LogP contribution in [0.5, 0.6) is 5.75 Å². The molecule has 0 aliphatic heterocycles. The molecule has 2 amide bonds. The third-order valence-corrected chi connectivity index (χ3v) is 2.06. The number of benzene rings is 1. The van der Waals surface area contributed by atoms with Crippen molar-refractivity contribution in [3.05, 3.63) is 24.3 Å². The first-order valence-electron chi connectivity index (χ1n) is 5.63. The van der Waals surface area contributed by atoms with Gasteiger partial charge in [-0.15, -0.1) is 0 Å². The summed E-state index contributed by atoms with van der Waals surface area (Å²) in [6.45, 7) is 2.29. The highest BCUT2D eigenvalue weighted by atomic mass is 16.7. The minimum Gasteiger partial charge on any atom is -0.434 e. The molecule has 1 aromatic carbocycles. The van der Waals surface area contributed by atoms with Gasteiger partial charge in [-0.25, -0.2) is 9.59 Å². The molecule has 6 nitrogen and oxygen atoms in total. The Morgan fingerprint density at radius 3 is 2.72 bits per heavy atom. The Hall–Kier alpha value is -2.24. The van der Waals surface area contributed by atoms with Gasteiger partial charge < -0.3 is 20.5 Å². The number of nitrogens with two attached hydrogens (primary N) is 1. The van der Waals surface area contributed by atoms with E-state index in [2.05, 4.69) is 5.32 Å². The van der Waals surface area contributed by atoms with E-state index >= 15 is 0 Å². The zero-order valence-corrected chi connectivity index (χ0v) is 10.1. The number of para-hydroxylation sites is 2. The van der Waals surface area contributed by atoms with Crippen molar-refractivity contribution in [2.24, 2.45) is 5.73 Å². The quantitative estimate of drug-likeness (QED) is 0.478. The number of amides is 2. The first kappa shape index (κ1) is 13.8. The summed E-state index contributed by atoms with van der Waals surface area (Å²) in [5.41, 5.74) is 5.32. The topological polar surface area (TPSA) is 90.7 Å². The maximum atomic E-state index is 11.3. The zero-order valence-electron chi connectivity index (χ0n) is 10.1. The van der Waals surface area contributed by atoms with Crippen LogP contribution in [0.15, 0.2) is 24.3 Å². The van der Waals surface area contributed by atoms with E-state index in [4.69, 9.17) is 15.2 Å². The molecule has 0 atom stereocenters. The standard InChI is InChI=1S/C12H16N2O4/c1-2-3-8-17-12(16)18-10-7-5-4-6-9(10)14-11(13)15/h4-7H,2-3,8H2,1H3,(H3,13,14,15). The molecule has 0 fully saturated rings. The van der Waals surface area contributed by atoms with Gasteiger partial charge in [0.25, 0.3) is 0 Å². The molecule has 1 aromatic rings.